The lowest BCUT2D eigenvalue weighted by Crippen LogP contribution is -2.34. The van der Waals surface area contributed by atoms with Gasteiger partial charge in [-0.25, -0.2) is 13.1 Å². The minimum Gasteiger partial charge on any atom is -0.371 e. The Kier molecular flexibility index (Phi) is 4.77. The molecule has 0 radical (unpaired) electrons. The van der Waals surface area contributed by atoms with Gasteiger partial charge in [0, 0.05) is 31.2 Å². The van der Waals surface area contributed by atoms with E-state index in [9.17, 15) is 13.2 Å². The van der Waals surface area contributed by atoms with E-state index in [1.54, 1.807) is 19.1 Å². The third-order valence-electron chi connectivity index (χ3n) is 3.58. The largest absolute Gasteiger partial charge is 0.371 e. The van der Waals surface area contributed by atoms with Crippen LogP contribution in [-0.4, -0.2) is 34.3 Å². The van der Waals surface area contributed by atoms with Gasteiger partial charge in [0.2, 0.25) is 10.0 Å². The lowest BCUT2D eigenvalue weighted by Gasteiger charge is -2.31. The van der Waals surface area contributed by atoms with Crippen LogP contribution in [0.1, 0.15) is 19.8 Å². The first-order chi connectivity index (χ1) is 9.56. The van der Waals surface area contributed by atoms with Crippen molar-refractivity contribution in [2.75, 3.05) is 24.5 Å². The number of hydrogen-bond acceptors (Lipinski definition) is 4. The number of nitrogens with one attached hydrogen (secondary N) is 1. The van der Waals surface area contributed by atoms with E-state index in [4.69, 9.17) is 0 Å². The molecule has 1 aliphatic rings. The maximum atomic E-state index is 11.8. The van der Waals surface area contributed by atoms with Crippen LogP contribution in [0.5, 0.6) is 0 Å². The SMILES string of the molecule is CCNS(=O)(=O)c1ccc(N2CCC(C=O)CC2)cc1. The predicted octanol–water partition coefficient (Wildman–Crippen LogP) is 1.40. The van der Waals surface area contributed by atoms with Gasteiger partial charge in [0.25, 0.3) is 0 Å². The molecular weight excluding hydrogens is 276 g/mol. The van der Waals surface area contributed by atoms with Gasteiger partial charge in [-0.05, 0) is 37.1 Å². The summed E-state index contributed by atoms with van der Waals surface area (Å²) in [4.78, 5) is 13.2. The number of benzene rings is 1. The van der Waals surface area contributed by atoms with Gasteiger partial charge in [0.1, 0.15) is 6.29 Å². The van der Waals surface area contributed by atoms with Crippen LogP contribution in [0.4, 0.5) is 5.69 Å². The van der Waals surface area contributed by atoms with E-state index in [-0.39, 0.29) is 10.8 Å². The molecule has 0 amide bonds. The number of anilines is 1. The molecule has 0 spiro atoms. The standard InChI is InChI=1S/C14H20N2O3S/c1-2-15-20(18,19)14-5-3-13(4-6-14)16-9-7-12(11-17)8-10-16/h3-6,11-12,15H,2,7-10H2,1H3. The molecule has 1 N–H and O–H groups in total. The lowest BCUT2D eigenvalue weighted by atomic mass is 9.98. The van der Waals surface area contributed by atoms with E-state index in [0.29, 0.717) is 6.54 Å². The fourth-order valence-electron chi connectivity index (χ4n) is 2.40. The number of hydrogen-bond donors (Lipinski definition) is 1. The topological polar surface area (TPSA) is 66.5 Å². The van der Waals surface area contributed by atoms with Crippen molar-refractivity contribution in [3.05, 3.63) is 24.3 Å². The van der Waals surface area contributed by atoms with Crippen LogP contribution < -0.4 is 9.62 Å². The molecule has 20 heavy (non-hydrogen) atoms. The maximum absolute atomic E-state index is 11.8. The highest BCUT2D eigenvalue weighted by atomic mass is 32.2. The summed E-state index contributed by atoms with van der Waals surface area (Å²) in [5.41, 5.74) is 1.00. The summed E-state index contributed by atoms with van der Waals surface area (Å²) in [5, 5.41) is 0. The van der Waals surface area contributed by atoms with E-state index in [1.807, 2.05) is 12.1 Å². The van der Waals surface area contributed by atoms with Crippen LogP contribution in [0.3, 0.4) is 0 Å². The molecule has 1 aliphatic heterocycles. The van der Waals surface area contributed by atoms with Gasteiger partial charge < -0.3 is 9.69 Å². The van der Waals surface area contributed by atoms with Crippen molar-refractivity contribution in [1.29, 1.82) is 0 Å². The maximum Gasteiger partial charge on any atom is 0.240 e. The number of aldehydes is 1. The molecule has 0 saturated carbocycles. The summed E-state index contributed by atoms with van der Waals surface area (Å²) >= 11 is 0. The number of carbonyl (C=O) groups is 1. The Morgan fingerprint density at radius 2 is 1.85 bits per heavy atom. The van der Waals surface area contributed by atoms with E-state index in [2.05, 4.69) is 9.62 Å². The molecule has 0 atom stereocenters. The van der Waals surface area contributed by atoms with E-state index in [1.165, 1.54) is 0 Å². The van der Waals surface area contributed by atoms with E-state index < -0.39 is 10.0 Å². The molecule has 110 valence electrons. The highest BCUT2D eigenvalue weighted by molar-refractivity contribution is 7.89. The summed E-state index contributed by atoms with van der Waals surface area (Å²) in [6.07, 6.45) is 2.76. The second-order valence-electron chi connectivity index (χ2n) is 4.96. The first kappa shape index (κ1) is 15.0. The second-order valence-corrected chi connectivity index (χ2v) is 6.72. The molecule has 0 unspecified atom stereocenters. The number of rotatable bonds is 5. The van der Waals surface area contributed by atoms with Gasteiger partial charge in [-0.15, -0.1) is 0 Å². The Morgan fingerprint density at radius 3 is 2.35 bits per heavy atom. The van der Waals surface area contributed by atoms with Gasteiger partial charge in [-0.1, -0.05) is 6.92 Å². The molecule has 5 nitrogen and oxygen atoms in total. The molecule has 0 aromatic heterocycles. The van der Waals surface area contributed by atoms with Gasteiger partial charge in [-0.3, -0.25) is 0 Å². The summed E-state index contributed by atoms with van der Waals surface area (Å²) in [6.45, 7) is 3.80. The zero-order valence-electron chi connectivity index (χ0n) is 11.6. The summed E-state index contributed by atoms with van der Waals surface area (Å²) in [5.74, 6) is 0.166. The van der Waals surface area contributed by atoms with Crippen molar-refractivity contribution in [3.63, 3.8) is 0 Å². The van der Waals surface area contributed by atoms with Crippen molar-refractivity contribution in [2.24, 2.45) is 5.92 Å². The molecule has 0 aliphatic carbocycles. The van der Waals surface area contributed by atoms with Crippen molar-refractivity contribution < 1.29 is 13.2 Å². The van der Waals surface area contributed by atoms with Crippen LogP contribution in [0.2, 0.25) is 0 Å². The van der Waals surface area contributed by atoms with Crippen LogP contribution in [0.25, 0.3) is 0 Å². The van der Waals surface area contributed by atoms with Crippen LogP contribution >= 0.6 is 0 Å². The average molecular weight is 296 g/mol. The third kappa shape index (κ3) is 3.37. The zero-order chi connectivity index (χ0) is 14.6. The normalized spacial score (nSPS) is 17.1. The van der Waals surface area contributed by atoms with Crippen molar-refractivity contribution in [3.8, 4) is 0 Å². The molecule has 0 bridgehead atoms. The van der Waals surface area contributed by atoms with Crippen LogP contribution in [-0.2, 0) is 14.8 Å². The minimum absolute atomic E-state index is 0.166. The molecule has 1 heterocycles. The average Bonchev–Trinajstić information content (AvgIpc) is 2.47. The van der Waals surface area contributed by atoms with Gasteiger partial charge in [0.15, 0.2) is 0 Å². The monoisotopic (exact) mass is 296 g/mol. The van der Waals surface area contributed by atoms with Crippen molar-refractivity contribution >= 4 is 22.0 Å². The van der Waals surface area contributed by atoms with Gasteiger partial charge in [0.05, 0.1) is 4.90 Å². The number of sulfonamides is 1. The Morgan fingerprint density at radius 1 is 1.25 bits per heavy atom. The molecular formula is C14H20N2O3S. The Balaban J connectivity index is 2.07. The number of carbonyl (C=O) groups excluding carboxylic acids is 1. The highest BCUT2D eigenvalue weighted by Gasteiger charge is 2.19. The fourth-order valence-corrected chi connectivity index (χ4v) is 3.44. The summed E-state index contributed by atoms with van der Waals surface area (Å²) in [7, 11) is -3.39. The Hall–Kier alpha value is -1.40. The molecule has 1 fully saturated rings. The Labute approximate surface area is 120 Å². The molecule has 1 aromatic rings. The van der Waals surface area contributed by atoms with Crippen molar-refractivity contribution in [1.82, 2.24) is 4.72 Å². The van der Waals surface area contributed by atoms with Crippen LogP contribution in [0.15, 0.2) is 29.2 Å². The zero-order valence-corrected chi connectivity index (χ0v) is 12.4. The highest BCUT2D eigenvalue weighted by Crippen LogP contribution is 2.23. The quantitative estimate of drug-likeness (QED) is 0.834. The fraction of sp³-hybridized carbons (Fsp3) is 0.500. The summed E-state index contributed by atoms with van der Waals surface area (Å²) < 4.78 is 26.1. The van der Waals surface area contributed by atoms with Gasteiger partial charge in [-0.2, -0.15) is 0 Å². The first-order valence-corrected chi connectivity index (χ1v) is 8.35. The number of piperidine rings is 1. The molecule has 6 heteroatoms. The van der Waals surface area contributed by atoms with E-state index >= 15 is 0 Å². The molecule has 1 saturated heterocycles. The smallest absolute Gasteiger partial charge is 0.240 e. The van der Waals surface area contributed by atoms with Crippen molar-refractivity contribution in [2.45, 2.75) is 24.7 Å². The Bertz CT molecular complexity index is 546. The predicted molar refractivity (Wildman–Crippen MR) is 78.3 cm³/mol. The first-order valence-electron chi connectivity index (χ1n) is 6.87. The minimum atomic E-state index is -3.39. The third-order valence-corrected chi connectivity index (χ3v) is 5.14. The van der Waals surface area contributed by atoms with Crippen LogP contribution in [0, 0.1) is 5.92 Å². The van der Waals surface area contributed by atoms with Gasteiger partial charge >= 0.3 is 0 Å². The molecule has 2 rings (SSSR count). The lowest BCUT2D eigenvalue weighted by molar-refractivity contribution is -0.111. The summed E-state index contributed by atoms with van der Waals surface area (Å²) in [6, 6.07) is 6.90. The second kappa shape index (κ2) is 6.37. The molecule has 1 aromatic carbocycles. The number of nitrogens with zero attached hydrogens (tertiary/aromatic N) is 1. The van der Waals surface area contributed by atoms with E-state index in [0.717, 1.165) is 37.9 Å².